The minimum atomic E-state index is -4.58. The number of nitriles is 1. The third-order valence-electron chi connectivity index (χ3n) is 9.99. The van der Waals surface area contributed by atoms with E-state index in [2.05, 4.69) is 16.2 Å². The first kappa shape index (κ1) is 31.1. The van der Waals surface area contributed by atoms with E-state index in [0.717, 1.165) is 24.6 Å². The lowest BCUT2D eigenvalue weighted by Crippen LogP contribution is -2.47. The Bertz CT molecular complexity index is 1900. The minimum Gasteiger partial charge on any atom is -0.299 e. The molecule has 6 rings (SSSR count). The number of thiazole rings is 1. The highest BCUT2D eigenvalue weighted by Crippen LogP contribution is 2.64. The molecule has 1 unspecified atom stereocenters. The topological polar surface area (TPSA) is 128 Å². The normalized spacial score (nSPS) is 22.7. The van der Waals surface area contributed by atoms with Crippen LogP contribution in [0.4, 0.5) is 8.78 Å². The lowest BCUT2D eigenvalue weighted by molar-refractivity contribution is -0.128. The van der Waals surface area contributed by atoms with Crippen molar-refractivity contribution in [3.63, 3.8) is 0 Å². The fourth-order valence-corrected chi connectivity index (χ4v) is 10.2. The maximum atomic E-state index is 15.8. The maximum absolute atomic E-state index is 15.8. The highest BCUT2D eigenvalue weighted by Gasteiger charge is 2.66. The molecule has 4 atom stereocenters. The van der Waals surface area contributed by atoms with Crippen LogP contribution in [0.5, 0.6) is 0 Å². The molecule has 234 valence electrons. The molecule has 0 aliphatic heterocycles. The van der Waals surface area contributed by atoms with Crippen molar-refractivity contribution in [1.82, 2.24) is 19.7 Å². The number of carbonyl (C=O) groups excluding carboxylic acids is 1. The molecule has 45 heavy (non-hydrogen) atoms. The Hall–Kier alpha value is -3.86. The fourth-order valence-electron chi connectivity index (χ4n) is 7.18. The molecule has 2 aromatic heterocycles. The predicted octanol–water partition coefficient (Wildman–Crippen LogP) is 5.99. The lowest BCUT2D eigenvalue weighted by Gasteiger charge is -2.40. The molecule has 0 N–H and O–H groups in total. The van der Waals surface area contributed by atoms with Gasteiger partial charge in [-0.05, 0) is 54.5 Å². The third kappa shape index (κ3) is 5.28. The van der Waals surface area contributed by atoms with Crippen LogP contribution in [0.25, 0.3) is 11.3 Å². The predicted molar refractivity (Wildman–Crippen MR) is 162 cm³/mol. The van der Waals surface area contributed by atoms with Crippen LogP contribution in [0, 0.1) is 39.7 Å². The molecule has 4 aromatic rings. The summed E-state index contributed by atoms with van der Waals surface area (Å²) in [6.45, 7) is 5.13. The first-order chi connectivity index (χ1) is 21.3. The minimum absolute atomic E-state index is 0.0654. The Morgan fingerprint density at radius 3 is 2.60 bits per heavy atom. The van der Waals surface area contributed by atoms with Gasteiger partial charge in [0.15, 0.2) is 0 Å². The summed E-state index contributed by atoms with van der Waals surface area (Å²) < 4.78 is 66.7. The van der Waals surface area contributed by atoms with Crippen LogP contribution in [-0.2, 0) is 31.2 Å². The number of hydrogen-bond acceptors (Lipinski definition) is 9. The fraction of sp³-hybridized carbons (Fsp3) is 0.406. The number of carbonyl (C=O) groups is 1. The Labute approximate surface area is 264 Å². The van der Waals surface area contributed by atoms with Crippen molar-refractivity contribution in [2.24, 2.45) is 16.7 Å². The quantitative estimate of drug-likeness (QED) is 0.191. The largest absolute Gasteiger partial charge is 0.299 e. The van der Waals surface area contributed by atoms with Crippen molar-refractivity contribution in [2.45, 2.75) is 58.1 Å². The average Bonchev–Trinajstić information content (AvgIpc) is 3.78. The van der Waals surface area contributed by atoms with Gasteiger partial charge in [0.25, 0.3) is 10.1 Å². The number of benzene rings is 2. The van der Waals surface area contributed by atoms with Crippen LogP contribution >= 0.6 is 11.3 Å². The molecule has 0 radical (unpaired) electrons. The second-order valence-corrected chi connectivity index (χ2v) is 15.0. The van der Waals surface area contributed by atoms with E-state index in [-0.39, 0.29) is 23.8 Å². The zero-order valence-electron chi connectivity index (χ0n) is 24.9. The molecule has 2 bridgehead atoms. The van der Waals surface area contributed by atoms with Gasteiger partial charge < -0.3 is 0 Å². The van der Waals surface area contributed by atoms with E-state index in [1.165, 1.54) is 28.7 Å². The summed E-state index contributed by atoms with van der Waals surface area (Å²) in [6.07, 6.45) is 4.02. The second-order valence-electron chi connectivity index (χ2n) is 12.5. The van der Waals surface area contributed by atoms with Gasteiger partial charge in [-0.25, -0.2) is 23.4 Å². The molecule has 13 heteroatoms. The zero-order chi connectivity index (χ0) is 32.2. The second kappa shape index (κ2) is 11.2. The standard InChI is InChI=1S/C32H31F2N5O4S2/c1-20(29-38-27(15-44-29)22-6-4-21(14-35)5-7-22)32(16-39-19-36-18-37-39,25-13-24(33)8-9-26(25)34)43-45(41,42)17-31-11-10-23(12-28(31)40)30(31,2)3/h4-9,13,15,18-20,23H,10-12,16-17H2,1-3H3/t20-,23?,31-,32+/m0/s1. The molecule has 2 aliphatic carbocycles. The first-order valence-corrected chi connectivity index (χ1v) is 17.0. The number of fused-ring (bicyclic) bond motifs is 2. The number of halogens is 2. The van der Waals surface area contributed by atoms with E-state index in [4.69, 9.17) is 14.4 Å². The monoisotopic (exact) mass is 651 g/mol. The number of aromatic nitrogens is 4. The van der Waals surface area contributed by atoms with Gasteiger partial charge in [0.05, 0.1) is 40.0 Å². The molecule has 9 nitrogen and oxygen atoms in total. The third-order valence-corrected chi connectivity index (χ3v) is 12.4. The molecule has 2 aliphatic rings. The highest BCUT2D eigenvalue weighted by molar-refractivity contribution is 7.86. The van der Waals surface area contributed by atoms with Crippen molar-refractivity contribution in [3.8, 4) is 17.3 Å². The Balaban J connectivity index is 1.48. The Morgan fingerprint density at radius 1 is 1.22 bits per heavy atom. The first-order valence-electron chi connectivity index (χ1n) is 14.5. The van der Waals surface area contributed by atoms with E-state index in [0.29, 0.717) is 34.7 Å². The van der Waals surface area contributed by atoms with Crippen LogP contribution in [0.15, 0.2) is 60.5 Å². The van der Waals surface area contributed by atoms with Gasteiger partial charge in [0.2, 0.25) is 0 Å². The number of Topliss-reactive ketones (excluding diaryl/α,β-unsaturated/α-hetero) is 1. The van der Waals surface area contributed by atoms with E-state index in [1.54, 1.807) is 36.6 Å². The molecule has 0 amide bonds. The smallest absolute Gasteiger partial charge is 0.269 e. The van der Waals surface area contributed by atoms with Crippen LogP contribution in [0.2, 0.25) is 0 Å². The Kier molecular flexibility index (Phi) is 7.74. The summed E-state index contributed by atoms with van der Waals surface area (Å²) in [7, 11) is -4.58. The number of hydrogen-bond donors (Lipinski definition) is 0. The van der Waals surface area contributed by atoms with Crippen molar-refractivity contribution in [2.75, 3.05) is 5.75 Å². The van der Waals surface area contributed by atoms with Crippen molar-refractivity contribution in [3.05, 3.63) is 88.3 Å². The van der Waals surface area contributed by atoms with Crippen LogP contribution in [0.1, 0.15) is 62.1 Å². The number of nitrogens with zero attached hydrogens (tertiary/aromatic N) is 5. The summed E-state index contributed by atoms with van der Waals surface area (Å²) in [5.74, 6) is -3.26. The lowest BCUT2D eigenvalue weighted by atomic mass is 9.70. The summed E-state index contributed by atoms with van der Waals surface area (Å²) >= 11 is 1.21. The summed E-state index contributed by atoms with van der Waals surface area (Å²) in [5, 5.41) is 15.5. The van der Waals surface area contributed by atoms with Crippen molar-refractivity contribution in [1.29, 1.82) is 5.26 Å². The van der Waals surface area contributed by atoms with Gasteiger partial charge in [0, 0.05) is 28.8 Å². The Morgan fingerprint density at radius 2 is 1.98 bits per heavy atom. The van der Waals surface area contributed by atoms with Gasteiger partial charge in [-0.3, -0.25) is 8.98 Å². The summed E-state index contributed by atoms with van der Waals surface area (Å²) in [5.41, 5.74) is -2.39. The molecule has 2 saturated carbocycles. The average molecular weight is 652 g/mol. The SMILES string of the molecule is C[C@@H](c1nc(-c2ccc(C#N)cc2)cs1)[C@@](Cn1cncn1)(OS(=O)(=O)C[C@@]12CCC(CC1=O)C2(C)C)c1cc(F)ccc1F. The van der Waals surface area contributed by atoms with Crippen LogP contribution in [-0.4, -0.2) is 39.7 Å². The zero-order valence-corrected chi connectivity index (χ0v) is 26.5. The van der Waals surface area contributed by atoms with Gasteiger partial charge in [0.1, 0.15) is 35.7 Å². The molecular weight excluding hydrogens is 621 g/mol. The maximum Gasteiger partial charge on any atom is 0.269 e. The number of ketones is 1. The van der Waals surface area contributed by atoms with Gasteiger partial charge in [-0.15, -0.1) is 11.3 Å². The van der Waals surface area contributed by atoms with Gasteiger partial charge in [-0.2, -0.15) is 18.8 Å². The van der Waals surface area contributed by atoms with Gasteiger partial charge in [-0.1, -0.05) is 32.9 Å². The molecule has 2 heterocycles. The molecule has 0 saturated heterocycles. The van der Waals surface area contributed by atoms with Crippen LogP contribution < -0.4 is 0 Å². The van der Waals surface area contributed by atoms with Crippen molar-refractivity contribution < 1.29 is 26.2 Å². The van der Waals surface area contributed by atoms with Crippen molar-refractivity contribution >= 4 is 27.2 Å². The van der Waals surface area contributed by atoms with E-state index in [1.807, 2.05) is 13.8 Å². The highest BCUT2D eigenvalue weighted by atomic mass is 32.2. The van der Waals surface area contributed by atoms with E-state index >= 15 is 4.39 Å². The molecule has 0 spiro atoms. The number of rotatable bonds is 10. The van der Waals surface area contributed by atoms with E-state index < -0.39 is 49.9 Å². The molecule has 2 fully saturated rings. The van der Waals surface area contributed by atoms with Crippen LogP contribution in [0.3, 0.4) is 0 Å². The molecule has 2 aromatic carbocycles. The summed E-state index contributed by atoms with van der Waals surface area (Å²) in [4.78, 5) is 22.0. The summed E-state index contributed by atoms with van der Waals surface area (Å²) in [6, 6.07) is 11.7. The van der Waals surface area contributed by atoms with E-state index in [9.17, 15) is 17.6 Å². The van der Waals surface area contributed by atoms with Gasteiger partial charge >= 0.3 is 0 Å². The molecular formula is C32H31F2N5O4S2.